The van der Waals surface area contributed by atoms with Gasteiger partial charge in [0.15, 0.2) is 5.82 Å². The number of nitrogens with one attached hydrogen (secondary N) is 1. The van der Waals surface area contributed by atoms with Crippen molar-refractivity contribution in [1.82, 2.24) is 25.3 Å². The highest BCUT2D eigenvalue weighted by Crippen LogP contribution is 2.37. The molecule has 0 spiro atoms. The highest BCUT2D eigenvalue weighted by atomic mass is 16.5. The number of benzene rings is 1. The first-order valence-electron chi connectivity index (χ1n) is 12.4. The van der Waals surface area contributed by atoms with E-state index in [2.05, 4.69) is 15.4 Å². The summed E-state index contributed by atoms with van der Waals surface area (Å²) in [5, 5.41) is 17.0. The van der Waals surface area contributed by atoms with Crippen LogP contribution in [-0.2, 0) is 4.74 Å². The molecule has 5 rings (SSSR count). The van der Waals surface area contributed by atoms with Crippen molar-refractivity contribution < 1.29 is 23.9 Å². The van der Waals surface area contributed by atoms with Crippen molar-refractivity contribution in [2.75, 3.05) is 45.3 Å². The highest BCUT2D eigenvalue weighted by Gasteiger charge is 2.46. The van der Waals surface area contributed by atoms with Crippen LogP contribution in [0.1, 0.15) is 17.9 Å². The van der Waals surface area contributed by atoms with Gasteiger partial charge in [-0.2, -0.15) is 0 Å². The topological polar surface area (TPSA) is 126 Å². The maximum absolute atomic E-state index is 12.1. The summed E-state index contributed by atoms with van der Waals surface area (Å²) in [6.07, 6.45) is -0.0361. The van der Waals surface area contributed by atoms with Gasteiger partial charge in [0.1, 0.15) is 30.0 Å². The zero-order chi connectivity index (χ0) is 26.1. The second kappa shape index (κ2) is 10.3. The Morgan fingerprint density at radius 3 is 2.76 bits per heavy atom. The third-order valence-electron chi connectivity index (χ3n) is 6.92. The third kappa shape index (κ3) is 4.96. The number of fused-ring (bicyclic) bond motifs is 2. The first kappa shape index (κ1) is 25.0. The monoisotopic (exact) mass is 508 g/mol. The van der Waals surface area contributed by atoms with E-state index in [1.807, 2.05) is 44.2 Å². The lowest BCUT2D eigenvalue weighted by Gasteiger charge is -2.34. The number of anilines is 1. The van der Waals surface area contributed by atoms with Crippen LogP contribution in [0.5, 0.6) is 5.75 Å². The van der Waals surface area contributed by atoms with Crippen molar-refractivity contribution in [3.63, 3.8) is 0 Å². The number of aliphatic hydroxyl groups excluding tert-OH is 1. The van der Waals surface area contributed by atoms with Gasteiger partial charge >= 0.3 is 6.09 Å². The first-order valence-corrected chi connectivity index (χ1v) is 12.4. The van der Waals surface area contributed by atoms with Crippen LogP contribution in [0.25, 0.3) is 22.6 Å². The SMILES string of the molecule is CNCC(O)COc1cccc(-c2nc(-c3c(C)noc3C)cc(N3C[C@@H]4C[C@H]3CN4C(=O)OC)n2)c1. The van der Waals surface area contributed by atoms with Crippen LogP contribution < -0.4 is 15.0 Å². The number of piperazine rings is 1. The summed E-state index contributed by atoms with van der Waals surface area (Å²) in [7, 11) is 3.20. The molecule has 2 bridgehead atoms. The molecule has 0 aliphatic carbocycles. The number of methoxy groups -OCH3 is 1. The molecule has 196 valence electrons. The number of carbonyl (C=O) groups is 1. The fourth-order valence-corrected chi connectivity index (χ4v) is 5.19. The number of likely N-dealkylation sites (tertiary alicyclic amines) is 1. The molecule has 2 aromatic heterocycles. The van der Waals surface area contributed by atoms with Gasteiger partial charge in [-0.05, 0) is 39.4 Å². The molecule has 37 heavy (non-hydrogen) atoms. The molecule has 2 aliphatic rings. The molecule has 2 fully saturated rings. The number of ether oxygens (including phenoxy) is 2. The van der Waals surface area contributed by atoms with Gasteiger partial charge in [-0.3, -0.25) is 0 Å². The Kier molecular flexibility index (Phi) is 6.98. The number of rotatable bonds is 8. The normalized spacial score (nSPS) is 19.4. The van der Waals surface area contributed by atoms with Crippen LogP contribution in [0.3, 0.4) is 0 Å². The second-order valence-corrected chi connectivity index (χ2v) is 9.50. The number of amides is 1. The number of hydrogen-bond acceptors (Lipinski definition) is 10. The van der Waals surface area contributed by atoms with Gasteiger partial charge in [0.05, 0.1) is 36.1 Å². The van der Waals surface area contributed by atoms with E-state index in [4.69, 9.17) is 24.0 Å². The smallest absolute Gasteiger partial charge is 0.409 e. The Labute approximate surface area is 215 Å². The Bertz CT molecular complexity index is 1260. The van der Waals surface area contributed by atoms with Crippen molar-refractivity contribution in [2.24, 2.45) is 0 Å². The molecule has 0 saturated carbocycles. The molecule has 1 amide bonds. The Hall–Kier alpha value is -3.70. The van der Waals surface area contributed by atoms with E-state index in [9.17, 15) is 9.90 Å². The van der Waals surface area contributed by atoms with Crippen LogP contribution in [0, 0.1) is 13.8 Å². The maximum Gasteiger partial charge on any atom is 0.409 e. The van der Waals surface area contributed by atoms with Gasteiger partial charge in [0.25, 0.3) is 0 Å². The van der Waals surface area contributed by atoms with Crippen molar-refractivity contribution in [2.45, 2.75) is 38.5 Å². The minimum Gasteiger partial charge on any atom is -0.491 e. The van der Waals surface area contributed by atoms with Gasteiger partial charge < -0.3 is 34.2 Å². The molecule has 2 saturated heterocycles. The number of aromatic nitrogens is 3. The predicted molar refractivity (Wildman–Crippen MR) is 137 cm³/mol. The van der Waals surface area contributed by atoms with Crippen LogP contribution in [-0.4, -0.2) is 89.8 Å². The largest absolute Gasteiger partial charge is 0.491 e. The van der Waals surface area contributed by atoms with E-state index in [1.165, 1.54) is 7.11 Å². The fourth-order valence-electron chi connectivity index (χ4n) is 5.19. The highest BCUT2D eigenvalue weighted by molar-refractivity contribution is 5.72. The minimum absolute atomic E-state index is 0.0825. The van der Waals surface area contributed by atoms with Crippen molar-refractivity contribution in [3.8, 4) is 28.4 Å². The standard InChI is InChI=1S/C26H32N6O5/c1-15-24(16(2)37-30-15)22-10-23(31-12-19-9-18(31)13-32(19)26(34)35-4)29-25(28-22)17-6-5-7-21(8-17)36-14-20(33)11-27-3/h5-8,10,18-20,27,33H,9,11-14H2,1-4H3/t18-,19-,20?/m0/s1. The fraction of sp³-hybridized carbons (Fsp3) is 0.462. The van der Waals surface area contributed by atoms with E-state index in [1.54, 1.807) is 11.9 Å². The van der Waals surface area contributed by atoms with E-state index < -0.39 is 6.10 Å². The number of likely N-dealkylation sites (N-methyl/N-ethyl adjacent to an activating group) is 1. The zero-order valence-electron chi connectivity index (χ0n) is 21.5. The number of nitrogens with zero attached hydrogens (tertiary/aromatic N) is 5. The number of hydrogen-bond donors (Lipinski definition) is 2. The summed E-state index contributed by atoms with van der Waals surface area (Å²) in [5.41, 5.74) is 3.10. The third-order valence-corrected chi connectivity index (χ3v) is 6.92. The maximum atomic E-state index is 12.1. The molecule has 11 heteroatoms. The quantitative estimate of drug-likeness (QED) is 0.468. The Morgan fingerprint density at radius 1 is 1.24 bits per heavy atom. The molecular formula is C26H32N6O5. The van der Waals surface area contributed by atoms with E-state index in [0.717, 1.165) is 34.8 Å². The molecule has 3 aromatic rings. The van der Waals surface area contributed by atoms with Gasteiger partial charge in [0, 0.05) is 31.3 Å². The van der Waals surface area contributed by atoms with E-state index in [-0.39, 0.29) is 24.8 Å². The van der Waals surface area contributed by atoms with Crippen molar-refractivity contribution in [3.05, 3.63) is 41.8 Å². The van der Waals surface area contributed by atoms with Gasteiger partial charge in [-0.15, -0.1) is 0 Å². The predicted octanol–water partition coefficient (Wildman–Crippen LogP) is 2.40. The summed E-state index contributed by atoms with van der Waals surface area (Å²) >= 11 is 0. The van der Waals surface area contributed by atoms with Gasteiger partial charge in [-0.1, -0.05) is 17.3 Å². The number of aliphatic hydroxyl groups is 1. The molecule has 2 N–H and O–H groups in total. The summed E-state index contributed by atoms with van der Waals surface area (Å²) in [6, 6.07) is 9.72. The Morgan fingerprint density at radius 2 is 2.08 bits per heavy atom. The summed E-state index contributed by atoms with van der Waals surface area (Å²) in [4.78, 5) is 26.0. The molecule has 11 nitrogen and oxygen atoms in total. The molecule has 1 unspecified atom stereocenters. The first-order chi connectivity index (χ1) is 17.9. The molecule has 0 radical (unpaired) electrons. The summed E-state index contributed by atoms with van der Waals surface area (Å²) < 4.78 is 16.2. The van der Waals surface area contributed by atoms with Crippen molar-refractivity contribution >= 4 is 11.9 Å². The lowest BCUT2D eigenvalue weighted by molar-refractivity contribution is 0.108. The molecular weight excluding hydrogens is 476 g/mol. The summed E-state index contributed by atoms with van der Waals surface area (Å²) in [5.74, 6) is 2.63. The molecule has 4 heterocycles. The van der Waals surface area contributed by atoms with Gasteiger partial charge in [-0.25, -0.2) is 14.8 Å². The van der Waals surface area contributed by atoms with Crippen LogP contribution in [0.15, 0.2) is 34.9 Å². The minimum atomic E-state index is -0.616. The second-order valence-electron chi connectivity index (χ2n) is 9.50. The molecule has 1 aromatic carbocycles. The number of aryl methyl sites for hydroxylation is 2. The molecule has 3 atom stereocenters. The lowest BCUT2D eigenvalue weighted by atomic mass is 10.1. The van der Waals surface area contributed by atoms with Crippen LogP contribution >= 0.6 is 0 Å². The zero-order valence-corrected chi connectivity index (χ0v) is 21.5. The number of carbonyl (C=O) groups excluding carboxylic acids is 1. The Balaban J connectivity index is 1.49. The van der Waals surface area contributed by atoms with E-state index in [0.29, 0.717) is 37.0 Å². The van der Waals surface area contributed by atoms with Gasteiger partial charge in [0.2, 0.25) is 0 Å². The lowest BCUT2D eigenvalue weighted by Crippen LogP contribution is -2.49. The van der Waals surface area contributed by atoms with E-state index >= 15 is 0 Å². The average Bonchev–Trinajstić information content (AvgIpc) is 3.61. The average molecular weight is 509 g/mol. The molecule has 2 aliphatic heterocycles. The summed E-state index contributed by atoms with van der Waals surface area (Å²) in [6.45, 7) is 5.64. The van der Waals surface area contributed by atoms with Crippen LogP contribution in [0.2, 0.25) is 0 Å². The van der Waals surface area contributed by atoms with Crippen molar-refractivity contribution in [1.29, 1.82) is 0 Å². The van der Waals surface area contributed by atoms with Crippen LogP contribution in [0.4, 0.5) is 10.6 Å².